The van der Waals surface area contributed by atoms with Gasteiger partial charge in [0.15, 0.2) is 0 Å². The SMILES string of the molecule is CC(N)/C=C/c1c(Cl)cccc1C(F)(F)F. The highest BCUT2D eigenvalue weighted by molar-refractivity contribution is 6.32. The van der Waals surface area contributed by atoms with Crippen LogP contribution in [-0.2, 0) is 6.18 Å². The third-order valence-electron chi connectivity index (χ3n) is 1.92. The van der Waals surface area contributed by atoms with Crippen LogP contribution in [-0.4, -0.2) is 6.04 Å². The highest BCUT2D eigenvalue weighted by atomic mass is 35.5. The van der Waals surface area contributed by atoms with E-state index in [-0.39, 0.29) is 16.6 Å². The lowest BCUT2D eigenvalue weighted by Crippen LogP contribution is -2.11. The molecular formula is C11H11ClF3N. The van der Waals surface area contributed by atoms with Crippen molar-refractivity contribution in [1.82, 2.24) is 0 Å². The molecule has 0 heterocycles. The maximum absolute atomic E-state index is 12.6. The van der Waals surface area contributed by atoms with Crippen molar-refractivity contribution in [2.45, 2.75) is 19.1 Å². The summed E-state index contributed by atoms with van der Waals surface area (Å²) in [6, 6.07) is 3.36. The fraction of sp³-hybridized carbons (Fsp3) is 0.273. The van der Waals surface area contributed by atoms with Gasteiger partial charge in [0.2, 0.25) is 0 Å². The summed E-state index contributed by atoms with van der Waals surface area (Å²) < 4.78 is 37.9. The topological polar surface area (TPSA) is 26.0 Å². The Morgan fingerprint density at radius 2 is 2.00 bits per heavy atom. The van der Waals surface area contributed by atoms with Crippen molar-refractivity contribution in [3.63, 3.8) is 0 Å². The molecular weight excluding hydrogens is 239 g/mol. The molecule has 0 aliphatic heterocycles. The van der Waals surface area contributed by atoms with E-state index in [2.05, 4.69) is 0 Å². The van der Waals surface area contributed by atoms with E-state index < -0.39 is 11.7 Å². The first kappa shape index (κ1) is 13.1. The monoisotopic (exact) mass is 249 g/mol. The van der Waals surface area contributed by atoms with Crippen LogP contribution in [0.4, 0.5) is 13.2 Å². The van der Waals surface area contributed by atoms with Gasteiger partial charge in [-0.3, -0.25) is 0 Å². The molecule has 5 heteroatoms. The summed E-state index contributed by atoms with van der Waals surface area (Å²) in [6.45, 7) is 1.67. The molecule has 88 valence electrons. The summed E-state index contributed by atoms with van der Waals surface area (Å²) >= 11 is 5.73. The lowest BCUT2D eigenvalue weighted by molar-refractivity contribution is -0.137. The molecule has 1 aromatic rings. The van der Waals surface area contributed by atoms with E-state index in [1.807, 2.05) is 0 Å². The molecule has 2 N–H and O–H groups in total. The van der Waals surface area contributed by atoms with Crippen LogP contribution in [0.25, 0.3) is 6.08 Å². The Morgan fingerprint density at radius 3 is 2.50 bits per heavy atom. The molecule has 0 spiro atoms. The Balaban J connectivity index is 3.25. The first-order valence-corrected chi connectivity index (χ1v) is 4.99. The van der Waals surface area contributed by atoms with Gasteiger partial charge >= 0.3 is 6.18 Å². The van der Waals surface area contributed by atoms with Crippen LogP contribution in [0.5, 0.6) is 0 Å². The molecule has 0 saturated heterocycles. The first-order valence-electron chi connectivity index (χ1n) is 4.62. The highest BCUT2D eigenvalue weighted by Crippen LogP contribution is 2.35. The second kappa shape index (κ2) is 4.89. The molecule has 0 radical (unpaired) electrons. The van der Waals surface area contributed by atoms with Gasteiger partial charge in [-0.25, -0.2) is 0 Å². The Bertz CT molecular complexity index is 397. The van der Waals surface area contributed by atoms with Crippen LogP contribution in [0.2, 0.25) is 5.02 Å². The molecule has 1 atom stereocenters. The highest BCUT2D eigenvalue weighted by Gasteiger charge is 2.33. The average molecular weight is 250 g/mol. The molecule has 0 fully saturated rings. The van der Waals surface area contributed by atoms with Crippen LogP contribution in [0, 0.1) is 0 Å². The van der Waals surface area contributed by atoms with Crippen molar-refractivity contribution >= 4 is 17.7 Å². The van der Waals surface area contributed by atoms with Crippen molar-refractivity contribution in [3.05, 3.63) is 40.4 Å². The molecule has 0 aliphatic carbocycles. The molecule has 0 aromatic heterocycles. The maximum atomic E-state index is 12.6. The third kappa shape index (κ3) is 3.25. The van der Waals surface area contributed by atoms with Crippen molar-refractivity contribution in [3.8, 4) is 0 Å². The maximum Gasteiger partial charge on any atom is 0.417 e. The van der Waals surface area contributed by atoms with Crippen molar-refractivity contribution < 1.29 is 13.2 Å². The quantitative estimate of drug-likeness (QED) is 0.849. The number of alkyl halides is 3. The van der Waals surface area contributed by atoms with Crippen LogP contribution in [0.1, 0.15) is 18.1 Å². The van der Waals surface area contributed by atoms with Crippen LogP contribution in [0.3, 0.4) is 0 Å². The van der Waals surface area contributed by atoms with Gasteiger partial charge in [0.25, 0.3) is 0 Å². The van der Waals surface area contributed by atoms with Crippen molar-refractivity contribution in [1.29, 1.82) is 0 Å². The summed E-state index contributed by atoms with van der Waals surface area (Å²) in [5.41, 5.74) is 4.64. The zero-order chi connectivity index (χ0) is 12.3. The van der Waals surface area contributed by atoms with Crippen LogP contribution < -0.4 is 5.73 Å². The minimum Gasteiger partial charge on any atom is -0.325 e. The van der Waals surface area contributed by atoms with Gasteiger partial charge in [-0.2, -0.15) is 13.2 Å². The molecule has 0 saturated carbocycles. The molecule has 0 amide bonds. The summed E-state index contributed by atoms with van der Waals surface area (Å²) in [6.07, 6.45) is -1.64. The van der Waals surface area contributed by atoms with Gasteiger partial charge in [0, 0.05) is 16.6 Å². The summed E-state index contributed by atoms with van der Waals surface area (Å²) in [4.78, 5) is 0. The van der Waals surface area contributed by atoms with E-state index in [1.54, 1.807) is 6.92 Å². The Kier molecular flexibility index (Phi) is 3.99. The van der Waals surface area contributed by atoms with E-state index in [0.29, 0.717) is 0 Å². The molecule has 1 nitrogen and oxygen atoms in total. The normalized spacial score (nSPS) is 14.4. The van der Waals surface area contributed by atoms with Crippen molar-refractivity contribution in [2.24, 2.45) is 5.73 Å². The van der Waals surface area contributed by atoms with Gasteiger partial charge in [0.05, 0.1) is 5.56 Å². The summed E-state index contributed by atoms with van der Waals surface area (Å²) in [7, 11) is 0. The standard InChI is InChI=1S/C11H11ClF3N/c1-7(16)5-6-8-9(11(13,14)15)3-2-4-10(8)12/h2-7H,16H2,1H3/b6-5+. The van der Waals surface area contributed by atoms with E-state index in [1.165, 1.54) is 24.3 Å². The number of nitrogens with two attached hydrogens (primary N) is 1. The van der Waals surface area contributed by atoms with Gasteiger partial charge < -0.3 is 5.73 Å². The minimum absolute atomic E-state index is 0.0473. The summed E-state index contributed by atoms with van der Waals surface area (Å²) in [5.74, 6) is 0. The molecule has 16 heavy (non-hydrogen) atoms. The van der Waals surface area contributed by atoms with Crippen LogP contribution >= 0.6 is 11.6 Å². The largest absolute Gasteiger partial charge is 0.417 e. The molecule has 1 aromatic carbocycles. The Hall–Kier alpha value is -1.00. The Morgan fingerprint density at radius 1 is 1.38 bits per heavy atom. The Labute approximate surface area is 96.7 Å². The predicted molar refractivity (Wildman–Crippen MR) is 59.1 cm³/mol. The lowest BCUT2D eigenvalue weighted by Gasteiger charge is -2.11. The predicted octanol–water partition coefficient (Wildman–Crippen LogP) is 3.72. The minimum atomic E-state index is -4.41. The number of hydrogen-bond donors (Lipinski definition) is 1. The number of halogens is 4. The van der Waals surface area contributed by atoms with E-state index >= 15 is 0 Å². The average Bonchev–Trinajstić information content (AvgIpc) is 2.13. The van der Waals surface area contributed by atoms with Gasteiger partial charge in [-0.05, 0) is 19.1 Å². The molecule has 0 bridgehead atoms. The van der Waals surface area contributed by atoms with Gasteiger partial charge in [-0.15, -0.1) is 0 Å². The molecule has 1 unspecified atom stereocenters. The van der Waals surface area contributed by atoms with E-state index in [4.69, 9.17) is 17.3 Å². The van der Waals surface area contributed by atoms with Gasteiger partial charge in [-0.1, -0.05) is 29.8 Å². The molecule has 0 aliphatic rings. The first-order chi connectivity index (χ1) is 7.32. The number of benzene rings is 1. The van der Waals surface area contributed by atoms with Crippen LogP contribution in [0.15, 0.2) is 24.3 Å². The summed E-state index contributed by atoms with van der Waals surface area (Å²) in [5, 5.41) is 0.0618. The third-order valence-corrected chi connectivity index (χ3v) is 2.25. The molecule has 1 rings (SSSR count). The zero-order valence-electron chi connectivity index (χ0n) is 8.55. The lowest BCUT2D eigenvalue weighted by atomic mass is 10.1. The smallest absolute Gasteiger partial charge is 0.325 e. The fourth-order valence-electron chi connectivity index (χ4n) is 1.20. The number of hydrogen-bond acceptors (Lipinski definition) is 1. The second-order valence-electron chi connectivity index (χ2n) is 3.42. The van der Waals surface area contributed by atoms with E-state index in [9.17, 15) is 13.2 Å². The van der Waals surface area contributed by atoms with E-state index in [0.717, 1.165) is 6.07 Å². The zero-order valence-corrected chi connectivity index (χ0v) is 9.31. The fourth-order valence-corrected chi connectivity index (χ4v) is 1.44. The van der Waals surface area contributed by atoms with Gasteiger partial charge in [0.1, 0.15) is 0 Å². The number of rotatable bonds is 2. The second-order valence-corrected chi connectivity index (χ2v) is 3.82. The van der Waals surface area contributed by atoms with Crippen molar-refractivity contribution in [2.75, 3.05) is 0 Å².